The SMILES string of the molecule is [CH2]C(=O)Nc1cccc(C#N)c1. The summed E-state index contributed by atoms with van der Waals surface area (Å²) in [5, 5.41) is 11.0. The Morgan fingerprint density at radius 2 is 2.33 bits per heavy atom. The van der Waals surface area contributed by atoms with E-state index in [0.717, 1.165) is 0 Å². The molecule has 0 aliphatic rings. The van der Waals surface area contributed by atoms with Crippen LogP contribution in [0.3, 0.4) is 0 Å². The quantitative estimate of drug-likeness (QED) is 0.672. The summed E-state index contributed by atoms with van der Waals surface area (Å²) in [7, 11) is 0. The van der Waals surface area contributed by atoms with Crippen molar-refractivity contribution in [3.05, 3.63) is 36.8 Å². The Balaban J connectivity index is 2.88. The molecule has 0 aliphatic carbocycles. The number of hydrogen-bond acceptors (Lipinski definition) is 2. The lowest BCUT2D eigenvalue weighted by atomic mass is 10.2. The third kappa shape index (κ3) is 2.10. The monoisotopic (exact) mass is 159 g/mol. The second kappa shape index (κ2) is 3.54. The molecule has 0 aliphatic heterocycles. The molecule has 1 aromatic carbocycles. The number of nitrogens with zero attached hydrogens (tertiary/aromatic N) is 1. The van der Waals surface area contributed by atoms with Gasteiger partial charge in [0, 0.05) is 12.6 Å². The summed E-state index contributed by atoms with van der Waals surface area (Å²) in [6, 6.07) is 8.62. The Hall–Kier alpha value is -1.82. The van der Waals surface area contributed by atoms with E-state index in [1.165, 1.54) is 0 Å². The van der Waals surface area contributed by atoms with E-state index in [0.29, 0.717) is 11.3 Å². The van der Waals surface area contributed by atoms with Crippen LogP contribution in [-0.2, 0) is 4.79 Å². The predicted molar refractivity (Wildman–Crippen MR) is 45.1 cm³/mol. The minimum atomic E-state index is -0.384. The van der Waals surface area contributed by atoms with Gasteiger partial charge in [0.05, 0.1) is 11.6 Å². The topological polar surface area (TPSA) is 52.9 Å². The molecule has 0 atom stereocenters. The van der Waals surface area contributed by atoms with Gasteiger partial charge in [-0.1, -0.05) is 6.07 Å². The van der Waals surface area contributed by atoms with E-state index in [1.54, 1.807) is 24.3 Å². The highest BCUT2D eigenvalue weighted by Crippen LogP contribution is 2.08. The van der Waals surface area contributed by atoms with Crippen LogP contribution in [0.2, 0.25) is 0 Å². The van der Waals surface area contributed by atoms with Crippen molar-refractivity contribution in [2.75, 3.05) is 5.32 Å². The maximum atomic E-state index is 10.5. The van der Waals surface area contributed by atoms with Crippen molar-refractivity contribution >= 4 is 11.6 Å². The van der Waals surface area contributed by atoms with E-state index in [-0.39, 0.29) is 5.91 Å². The van der Waals surface area contributed by atoms with Crippen LogP contribution in [0.4, 0.5) is 5.69 Å². The summed E-state index contributed by atoms with van der Waals surface area (Å²) in [6.07, 6.45) is 0. The summed E-state index contributed by atoms with van der Waals surface area (Å²) in [5.74, 6) is -0.384. The first-order valence-electron chi connectivity index (χ1n) is 3.35. The van der Waals surface area contributed by atoms with Crippen LogP contribution >= 0.6 is 0 Å². The number of nitrogens with one attached hydrogen (secondary N) is 1. The molecular formula is C9H7N2O. The molecule has 1 amide bonds. The highest BCUT2D eigenvalue weighted by atomic mass is 16.1. The number of hydrogen-bond donors (Lipinski definition) is 1. The molecule has 0 saturated heterocycles. The predicted octanol–water partition coefficient (Wildman–Crippen LogP) is 1.33. The van der Waals surface area contributed by atoms with Gasteiger partial charge < -0.3 is 5.32 Å². The van der Waals surface area contributed by atoms with Gasteiger partial charge in [-0.15, -0.1) is 0 Å². The molecule has 0 spiro atoms. The number of carbonyl (C=O) groups is 1. The number of nitriles is 1. The smallest absolute Gasteiger partial charge is 0.224 e. The van der Waals surface area contributed by atoms with Crippen molar-refractivity contribution in [2.45, 2.75) is 0 Å². The van der Waals surface area contributed by atoms with Crippen LogP contribution < -0.4 is 5.32 Å². The minimum absolute atomic E-state index is 0.384. The van der Waals surface area contributed by atoms with Crippen molar-refractivity contribution < 1.29 is 4.79 Å². The summed E-state index contributed by atoms with van der Waals surface area (Å²) < 4.78 is 0. The van der Waals surface area contributed by atoms with E-state index in [1.807, 2.05) is 6.07 Å². The van der Waals surface area contributed by atoms with Crippen LogP contribution in [-0.4, -0.2) is 5.91 Å². The highest BCUT2D eigenvalue weighted by Gasteiger charge is 1.95. The van der Waals surface area contributed by atoms with Crippen LogP contribution in [0.5, 0.6) is 0 Å². The molecule has 0 heterocycles. The maximum Gasteiger partial charge on any atom is 0.224 e. The Morgan fingerprint density at radius 1 is 1.58 bits per heavy atom. The minimum Gasteiger partial charge on any atom is -0.326 e. The fourth-order valence-corrected chi connectivity index (χ4v) is 0.827. The zero-order chi connectivity index (χ0) is 8.97. The van der Waals surface area contributed by atoms with Crippen LogP contribution in [0, 0.1) is 18.3 Å². The van der Waals surface area contributed by atoms with Crippen molar-refractivity contribution in [3.63, 3.8) is 0 Å². The molecule has 1 N–H and O–H groups in total. The third-order valence-corrected chi connectivity index (χ3v) is 1.28. The van der Waals surface area contributed by atoms with E-state index in [4.69, 9.17) is 5.26 Å². The number of amides is 1. The Labute approximate surface area is 70.6 Å². The van der Waals surface area contributed by atoms with Crippen molar-refractivity contribution in [1.82, 2.24) is 0 Å². The number of anilines is 1. The first kappa shape index (κ1) is 8.28. The van der Waals surface area contributed by atoms with Crippen LogP contribution in [0.15, 0.2) is 24.3 Å². The first-order chi connectivity index (χ1) is 5.72. The van der Waals surface area contributed by atoms with E-state index in [9.17, 15) is 4.79 Å². The third-order valence-electron chi connectivity index (χ3n) is 1.28. The summed E-state index contributed by atoms with van der Waals surface area (Å²) in [4.78, 5) is 10.5. The molecule has 1 radical (unpaired) electrons. The van der Waals surface area contributed by atoms with Gasteiger partial charge in [-0.25, -0.2) is 0 Å². The number of rotatable bonds is 1. The maximum absolute atomic E-state index is 10.5. The molecule has 0 saturated carbocycles. The van der Waals surface area contributed by atoms with E-state index < -0.39 is 0 Å². The lowest BCUT2D eigenvalue weighted by Gasteiger charge is -2.00. The second-order valence-corrected chi connectivity index (χ2v) is 2.24. The molecule has 1 rings (SSSR count). The molecule has 0 aromatic heterocycles. The van der Waals surface area contributed by atoms with Gasteiger partial charge in [0.15, 0.2) is 0 Å². The number of carbonyl (C=O) groups excluding carboxylic acids is 1. The van der Waals surface area contributed by atoms with Crippen LogP contribution in [0.25, 0.3) is 0 Å². The van der Waals surface area contributed by atoms with Crippen LogP contribution in [0.1, 0.15) is 5.56 Å². The van der Waals surface area contributed by atoms with Crippen molar-refractivity contribution in [2.24, 2.45) is 0 Å². The molecule has 3 heteroatoms. The number of benzene rings is 1. The molecule has 0 fully saturated rings. The molecule has 0 unspecified atom stereocenters. The summed E-state index contributed by atoms with van der Waals surface area (Å²) in [6.45, 7) is 3.16. The molecule has 12 heavy (non-hydrogen) atoms. The standard InChI is InChI=1S/C9H7N2O/c1-7(12)11-9-4-2-3-8(5-9)6-10/h2-5H,1H2,(H,11,12). The Bertz CT molecular complexity index is 339. The zero-order valence-corrected chi connectivity index (χ0v) is 6.37. The summed E-state index contributed by atoms with van der Waals surface area (Å²) >= 11 is 0. The van der Waals surface area contributed by atoms with Gasteiger partial charge in [0.25, 0.3) is 0 Å². The lowest BCUT2D eigenvalue weighted by molar-refractivity contribution is -0.112. The average Bonchev–Trinajstić information content (AvgIpc) is 2.03. The van der Waals surface area contributed by atoms with Gasteiger partial charge in [0.1, 0.15) is 0 Å². The largest absolute Gasteiger partial charge is 0.326 e. The van der Waals surface area contributed by atoms with Crippen molar-refractivity contribution in [3.8, 4) is 6.07 Å². The lowest BCUT2D eigenvalue weighted by Crippen LogP contribution is -2.05. The molecule has 1 aromatic rings. The molecule has 3 nitrogen and oxygen atoms in total. The van der Waals surface area contributed by atoms with E-state index >= 15 is 0 Å². The fraction of sp³-hybridized carbons (Fsp3) is 0. The Kier molecular flexibility index (Phi) is 2.44. The van der Waals surface area contributed by atoms with E-state index in [2.05, 4.69) is 12.2 Å². The molecule has 59 valence electrons. The average molecular weight is 159 g/mol. The Morgan fingerprint density at radius 3 is 2.92 bits per heavy atom. The zero-order valence-electron chi connectivity index (χ0n) is 6.37. The second-order valence-electron chi connectivity index (χ2n) is 2.24. The van der Waals surface area contributed by atoms with Gasteiger partial charge in [0.2, 0.25) is 5.91 Å². The fourth-order valence-electron chi connectivity index (χ4n) is 0.827. The molecule has 0 bridgehead atoms. The highest BCUT2D eigenvalue weighted by molar-refractivity contribution is 5.93. The summed E-state index contributed by atoms with van der Waals surface area (Å²) in [5.41, 5.74) is 1.11. The van der Waals surface area contributed by atoms with Gasteiger partial charge in [-0.2, -0.15) is 5.26 Å². The molecular weight excluding hydrogens is 152 g/mol. The van der Waals surface area contributed by atoms with Gasteiger partial charge in [-0.3, -0.25) is 4.79 Å². The van der Waals surface area contributed by atoms with Gasteiger partial charge >= 0.3 is 0 Å². The first-order valence-corrected chi connectivity index (χ1v) is 3.35. The van der Waals surface area contributed by atoms with Crippen molar-refractivity contribution in [1.29, 1.82) is 5.26 Å². The van der Waals surface area contributed by atoms with Gasteiger partial charge in [-0.05, 0) is 18.2 Å². The normalized spacial score (nSPS) is 8.67.